The van der Waals surface area contributed by atoms with Crippen molar-refractivity contribution in [1.29, 1.82) is 0 Å². The minimum atomic E-state index is -3.75. The summed E-state index contributed by atoms with van der Waals surface area (Å²) in [5.41, 5.74) is 0.676. The topological polar surface area (TPSA) is 106 Å². The molecule has 0 radical (unpaired) electrons. The smallest absolute Gasteiger partial charge is 0.229 e. The van der Waals surface area contributed by atoms with Crippen LogP contribution in [0.3, 0.4) is 0 Å². The Labute approximate surface area is 129 Å². The molecule has 1 amide bonds. The lowest BCUT2D eigenvalue weighted by Gasteiger charge is -2.17. The summed E-state index contributed by atoms with van der Waals surface area (Å²) in [5, 5.41) is 4.91. The number of primary sulfonamides is 1. The zero-order valence-corrected chi connectivity index (χ0v) is 13.1. The van der Waals surface area contributed by atoms with Crippen LogP contribution in [0.5, 0.6) is 0 Å². The van der Waals surface area contributed by atoms with Gasteiger partial charge in [-0.2, -0.15) is 0 Å². The first-order valence-corrected chi connectivity index (χ1v) is 8.49. The average Bonchev–Trinajstić information content (AvgIpc) is 2.80. The van der Waals surface area contributed by atoms with Gasteiger partial charge >= 0.3 is 0 Å². The molecule has 2 aromatic rings. The third kappa shape index (κ3) is 2.63. The Morgan fingerprint density at radius 2 is 2.10 bits per heavy atom. The summed E-state index contributed by atoms with van der Waals surface area (Å²) < 4.78 is 23.7. The molecule has 1 aromatic heterocycles. The van der Waals surface area contributed by atoms with Crippen LogP contribution in [0.1, 0.15) is 6.42 Å². The molecule has 0 bridgehead atoms. The number of nitrogens with zero attached hydrogens (tertiary/aromatic N) is 3. The van der Waals surface area contributed by atoms with Gasteiger partial charge in [-0.1, -0.05) is 15.9 Å². The molecule has 7 nitrogen and oxygen atoms in total. The number of halogens is 1. The maximum Gasteiger partial charge on any atom is 0.229 e. The van der Waals surface area contributed by atoms with E-state index >= 15 is 0 Å². The normalized spacial score (nSPS) is 19.4. The summed E-state index contributed by atoms with van der Waals surface area (Å²) in [6, 6.07) is 5.42. The van der Waals surface area contributed by atoms with Crippen LogP contribution in [-0.4, -0.2) is 36.1 Å². The third-order valence-corrected chi connectivity index (χ3v) is 5.12. The van der Waals surface area contributed by atoms with Gasteiger partial charge in [0.1, 0.15) is 17.4 Å². The number of amides is 1. The monoisotopic (exact) mass is 370 g/mol. The highest BCUT2D eigenvalue weighted by atomic mass is 79.9. The average molecular weight is 371 g/mol. The van der Waals surface area contributed by atoms with Crippen molar-refractivity contribution in [1.82, 2.24) is 9.97 Å². The molecule has 110 valence electrons. The summed E-state index contributed by atoms with van der Waals surface area (Å²) in [6.45, 7) is 0.0102. The number of hydrogen-bond donors (Lipinski definition) is 1. The quantitative estimate of drug-likeness (QED) is 0.840. The molecule has 1 saturated heterocycles. The summed E-state index contributed by atoms with van der Waals surface area (Å²) in [7, 11) is -3.75. The van der Waals surface area contributed by atoms with Crippen LogP contribution < -0.4 is 10.0 Å². The lowest BCUT2D eigenvalue weighted by atomic mass is 10.2. The van der Waals surface area contributed by atoms with Gasteiger partial charge in [-0.15, -0.1) is 0 Å². The number of sulfonamides is 1. The van der Waals surface area contributed by atoms with E-state index in [0.29, 0.717) is 16.7 Å². The number of fused-ring (bicyclic) bond motifs is 1. The molecule has 0 aliphatic carbocycles. The van der Waals surface area contributed by atoms with Crippen LogP contribution in [0, 0.1) is 0 Å². The van der Waals surface area contributed by atoms with Crippen molar-refractivity contribution >= 4 is 48.6 Å². The molecule has 1 atom stereocenters. The number of rotatable bonds is 2. The Balaban J connectivity index is 2.09. The number of benzene rings is 1. The Morgan fingerprint density at radius 3 is 2.76 bits per heavy atom. The van der Waals surface area contributed by atoms with E-state index < -0.39 is 15.3 Å². The summed E-state index contributed by atoms with van der Waals surface area (Å²) in [4.78, 5) is 21.7. The van der Waals surface area contributed by atoms with Crippen LogP contribution in [-0.2, 0) is 14.8 Å². The molecule has 1 aliphatic heterocycles. The predicted molar refractivity (Wildman–Crippen MR) is 81.1 cm³/mol. The van der Waals surface area contributed by atoms with Gasteiger partial charge in [-0.3, -0.25) is 9.69 Å². The molecule has 2 N–H and O–H groups in total. The highest BCUT2D eigenvalue weighted by Gasteiger charge is 2.38. The van der Waals surface area contributed by atoms with Crippen LogP contribution in [0.25, 0.3) is 10.9 Å². The standard InChI is InChI=1S/C12H11BrN4O3S/c13-7-1-2-10-9(3-7)12(16-6-15-10)17-5-8(4-11(17)18)21(14,19)20/h1-3,6,8H,4-5H2,(H2,14,19,20). The van der Waals surface area contributed by atoms with Gasteiger partial charge in [-0.05, 0) is 18.2 Å². The molecule has 2 heterocycles. The fourth-order valence-corrected chi connectivity index (χ4v) is 3.42. The Bertz CT molecular complexity index is 840. The minimum Gasteiger partial charge on any atom is -0.295 e. The molecule has 1 aromatic carbocycles. The van der Waals surface area contributed by atoms with Crippen molar-refractivity contribution in [3.63, 3.8) is 0 Å². The summed E-state index contributed by atoms with van der Waals surface area (Å²) in [6.07, 6.45) is 1.22. The molecule has 0 saturated carbocycles. The maximum atomic E-state index is 12.1. The van der Waals surface area contributed by atoms with Crippen molar-refractivity contribution in [3.05, 3.63) is 29.0 Å². The number of carbonyl (C=O) groups excluding carboxylic acids is 1. The van der Waals surface area contributed by atoms with E-state index in [1.165, 1.54) is 11.2 Å². The van der Waals surface area contributed by atoms with E-state index in [9.17, 15) is 13.2 Å². The Kier molecular flexibility index (Phi) is 3.42. The van der Waals surface area contributed by atoms with Crippen molar-refractivity contribution in [2.45, 2.75) is 11.7 Å². The molecular weight excluding hydrogens is 360 g/mol. The number of nitrogens with two attached hydrogens (primary N) is 1. The van der Waals surface area contributed by atoms with Crippen LogP contribution in [0.2, 0.25) is 0 Å². The SMILES string of the molecule is NS(=O)(=O)C1CC(=O)N(c2ncnc3ccc(Br)cc23)C1. The zero-order valence-electron chi connectivity index (χ0n) is 10.7. The van der Waals surface area contributed by atoms with Gasteiger partial charge in [0.05, 0.1) is 5.52 Å². The summed E-state index contributed by atoms with van der Waals surface area (Å²) in [5.74, 6) is 0.0893. The van der Waals surface area contributed by atoms with Crippen LogP contribution >= 0.6 is 15.9 Å². The lowest BCUT2D eigenvalue weighted by Crippen LogP contribution is -2.32. The first-order chi connectivity index (χ1) is 9.86. The van der Waals surface area contributed by atoms with E-state index in [1.807, 2.05) is 6.07 Å². The largest absolute Gasteiger partial charge is 0.295 e. The maximum absolute atomic E-state index is 12.1. The first kappa shape index (κ1) is 14.4. The highest BCUT2D eigenvalue weighted by molar-refractivity contribution is 9.10. The van der Waals surface area contributed by atoms with Crippen LogP contribution in [0.4, 0.5) is 5.82 Å². The van der Waals surface area contributed by atoms with Crippen molar-refractivity contribution in [2.75, 3.05) is 11.4 Å². The van der Waals surface area contributed by atoms with Gasteiger partial charge in [-0.25, -0.2) is 23.5 Å². The second kappa shape index (κ2) is 5.00. The van der Waals surface area contributed by atoms with Gasteiger partial charge in [0.2, 0.25) is 15.9 Å². The first-order valence-electron chi connectivity index (χ1n) is 6.08. The van der Waals surface area contributed by atoms with E-state index in [1.54, 1.807) is 12.1 Å². The Morgan fingerprint density at radius 1 is 1.33 bits per heavy atom. The lowest BCUT2D eigenvalue weighted by molar-refractivity contribution is -0.117. The van der Waals surface area contributed by atoms with Gasteiger partial charge in [0.15, 0.2) is 0 Å². The fourth-order valence-electron chi connectivity index (χ4n) is 2.33. The molecule has 0 spiro atoms. The second-order valence-electron chi connectivity index (χ2n) is 4.78. The van der Waals surface area contributed by atoms with Gasteiger partial charge < -0.3 is 0 Å². The van der Waals surface area contributed by atoms with Crippen LogP contribution in [0.15, 0.2) is 29.0 Å². The van der Waals surface area contributed by atoms with Crippen molar-refractivity contribution < 1.29 is 13.2 Å². The number of hydrogen-bond acceptors (Lipinski definition) is 5. The summed E-state index contributed by atoms with van der Waals surface area (Å²) >= 11 is 3.36. The molecule has 3 rings (SSSR count). The van der Waals surface area contributed by atoms with Gasteiger partial charge in [0, 0.05) is 22.8 Å². The van der Waals surface area contributed by atoms with Gasteiger partial charge in [0.25, 0.3) is 0 Å². The fraction of sp³-hybridized carbons (Fsp3) is 0.250. The predicted octanol–water partition coefficient (Wildman–Crippen LogP) is 0.786. The van der Waals surface area contributed by atoms with E-state index in [2.05, 4.69) is 25.9 Å². The molecule has 1 fully saturated rings. The van der Waals surface area contributed by atoms with Crippen molar-refractivity contribution in [3.8, 4) is 0 Å². The highest BCUT2D eigenvalue weighted by Crippen LogP contribution is 2.30. The number of anilines is 1. The van der Waals surface area contributed by atoms with E-state index in [0.717, 1.165) is 4.47 Å². The molecule has 9 heteroatoms. The third-order valence-electron chi connectivity index (χ3n) is 3.39. The molecule has 1 aliphatic rings. The number of aromatic nitrogens is 2. The van der Waals surface area contributed by atoms with E-state index in [-0.39, 0.29) is 18.9 Å². The number of carbonyl (C=O) groups is 1. The molecule has 21 heavy (non-hydrogen) atoms. The molecular formula is C12H11BrN4O3S. The minimum absolute atomic E-state index is 0.0102. The van der Waals surface area contributed by atoms with E-state index in [4.69, 9.17) is 5.14 Å². The Hall–Kier alpha value is -1.58. The zero-order chi connectivity index (χ0) is 15.2. The second-order valence-corrected chi connectivity index (χ2v) is 7.54. The van der Waals surface area contributed by atoms with Crippen molar-refractivity contribution in [2.24, 2.45) is 5.14 Å². The molecule has 1 unspecified atom stereocenters.